The van der Waals surface area contributed by atoms with Crippen LogP contribution >= 0.6 is 24.0 Å². The van der Waals surface area contributed by atoms with E-state index in [0.29, 0.717) is 10.8 Å². The van der Waals surface area contributed by atoms with Crippen molar-refractivity contribution in [3.63, 3.8) is 0 Å². The average molecular weight is 331 g/mol. The summed E-state index contributed by atoms with van der Waals surface area (Å²) < 4.78 is 27.9. The molecule has 1 aliphatic rings. The highest BCUT2D eigenvalue weighted by Gasteiger charge is 2.31. The Morgan fingerprint density at radius 1 is 1.40 bits per heavy atom. The lowest BCUT2D eigenvalue weighted by Crippen LogP contribution is -2.39. The molecule has 0 saturated heterocycles. The third-order valence-electron chi connectivity index (χ3n) is 3.50. The predicted octanol–water partition coefficient (Wildman–Crippen LogP) is 1.88. The second-order valence-corrected chi connectivity index (χ2v) is 7.99. The van der Waals surface area contributed by atoms with E-state index in [1.165, 1.54) is 0 Å². The summed E-state index contributed by atoms with van der Waals surface area (Å²) in [6.45, 7) is 0. The van der Waals surface area contributed by atoms with E-state index in [4.69, 9.17) is 18.0 Å². The van der Waals surface area contributed by atoms with Crippen molar-refractivity contribution >= 4 is 39.0 Å². The summed E-state index contributed by atoms with van der Waals surface area (Å²) in [6, 6.07) is 6.57. The van der Waals surface area contributed by atoms with Crippen molar-refractivity contribution in [3.8, 4) is 0 Å². The van der Waals surface area contributed by atoms with Gasteiger partial charge in [-0.05, 0) is 25.2 Å². The van der Waals surface area contributed by atoms with Crippen LogP contribution in [0.2, 0.25) is 0 Å². The van der Waals surface area contributed by atoms with Crippen LogP contribution in [-0.4, -0.2) is 31.0 Å². The lowest BCUT2D eigenvalue weighted by molar-refractivity contribution is 0.555. The van der Waals surface area contributed by atoms with Crippen molar-refractivity contribution in [2.45, 2.75) is 35.4 Å². The Bertz CT molecular complexity index is 601. The third kappa shape index (κ3) is 3.33. The largest absolute Gasteiger partial charge is 0.389 e. The van der Waals surface area contributed by atoms with Crippen molar-refractivity contribution in [1.82, 2.24) is 4.72 Å². The van der Waals surface area contributed by atoms with Crippen molar-refractivity contribution < 1.29 is 8.42 Å². The summed E-state index contributed by atoms with van der Waals surface area (Å²) in [5.74, 6) is 0. The van der Waals surface area contributed by atoms with Gasteiger partial charge in [0.25, 0.3) is 0 Å². The lowest BCUT2D eigenvalue weighted by atomic mass is 10.2. The molecule has 1 saturated carbocycles. The Morgan fingerprint density at radius 2 is 2.10 bits per heavy atom. The molecule has 20 heavy (non-hydrogen) atoms. The van der Waals surface area contributed by atoms with Crippen LogP contribution < -0.4 is 10.5 Å². The van der Waals surface area contributed by atoms with Gasteiger partial charge < -0.3 is 5.73 Å². The van der Waals surface area contributed by atoms with E-state index in [9.17, 15) is 8.42 Å². The van der Waals surface area contributed by atoms with Gasteiger partial charge in [-0.3, -0.25) is 0 Å². The monoisotopic (exact) mass is 330 g/mol. The van der Waals surface area contributed by atoms with E-state index in [1.807, 2.05) is 6.26 Å². The van der Waals surface area contributed by atoms with Crippen LogP contribution in [0.4, 0.5) is 0 Å². The molecule has 0 spiro atoms. The summed E-state index contributed by atoms with van der Waals surface area (Å²) >= 11 is 6.64. The minimum absolute atomic E-state index is 0.0191. The number of sulfonamides is 1. The highest BCUT2D eigenvalue weighted by Crippen LogP contribution is 2.29. The first-order chi connectivity index (χ1) is 9.45. The van der Waals surface area contributed by atoms with Crippen LogP contribution in [0.3, 0.4) is 0 Å². The van der Waals surface area contributed by atoms with Crippen molar-refractivity contribution in [3.05, 3.63) is 29.8 Å². The maximum absolute atomic E-state index is 12.5. The molecule has 0 bridgehead atoms. The molecule has 2 atom stereocenters. The maximum atomic E-state index is 12.5. The fourth-order valence-corrected chi connectivity index (χ4v) is 5.31. The van der Waals surface area contributed by atoms with E-state index >= 15 is 0 Å². The van der Waals surface area contributed by atoms with Gasteiger partial charge >= 0.3 is 0 Å². The minimum Gasteiger partial charge on any atom is -0.389 e. The van der Waals surface area contributed by atoms with Gasteiger partial charge in [-0.2, -0.15) is 11.8 Å². The standard InChI is InChI=1S/C13H18N2O2S3/c1-19-11-7-4-6-10(11)15-20(16,17)12-8-3-2-5-9(12)13(14)18/h2-3,5,8,10-11,15H,4,6-7H2,1H3,(H2,14,18). The highest BCUT2D eigenvalue weighted by molar-refractivity contribution is 7.99. The van der Waals surface area contributed by atoms with Crippen LogP contribution in [0.15, 0.2) is 29.2 Å². The normalized spacial score (nSPS) is 22.9. The molecule has 1 fully saturated rings. The molecule has 2 unspecified atom stereocenters. The van der Waals surface area contributed by atoms with Crippen molar-refractivity contribution in [1.29, 1.82) is 0 Å². The molecule has 1 aliphatic carbocycles. The third-order valence-corrected chi connectivity index (χ3v) is 6.44. The lowest BCUT2D eigenvalue weighted by Gasteiger charge is -2.20. The Labute approximate surface area is 129 Å². The number of rotatable bonds is 5. The minimum atomic E-state index is -3.59. The molecule has 7 heteroatoms. The Morgan fingerprint density at radius 3 is 2.75 bits per heavy atom. The first-order valence-corrected chi connectivity index (χ1v) is 9.57. The highest BCUT2D eigenvalue weighted by atomic mass is 32.2. The molecule has 2 rings (SSSR count). The Balaban J connectivity index is 2.29. The van der Waals surface area contributed by atoms with Gasteiger partial charge in [-0.1, -0.05) is 36.8 Å². The summed E-state index contributed by atoms with van der Waals surface area (Å²) in [5.41, 5.74) is 6.00. The fraction of sp³-hybridized carbons (Fsp3) is 0.462. The molecular formula is C13H18N2O2S3. The predicted molar refractivity (Wildman–Crippen MR) is 87.6 cm³/mol. The summed E-state index contributed by atoms with van der Waals surface area (Å²) in [7, 11) is -3.59. The molecule has 0 radical (unpaired) electrons. The Kier molecular flexibility index (Phi) is 5.06. The molecule has 0 aliphatic heterocycles. The van der Waals surface area contributed by atoms with Crippen LogP contribution in [0.25, 0.3) is 0 Å². The number of benzene rings is 1. The Hall–Kier alpha value is -0.630. The molecule has 1 aromatic rings. The number of thiocarbonyl (C=S) groups is 1. The molecule has 3 N–H and O–H groups in total. The van der Waals surface area contributed by atoms with E-state index in [-0.39, 0.29) is 15.9 Å². The molecule has 0 aromatic heterocycles. The first-order valence-electron chi connectivity index (χ1n) is 6.39. The van der Waals surface area contributed by atoms with Gasteiger partial charge in [0.2, 0.25) is 10.0 Å². The summed E-state index contributed by atoms with van der Waals surface area (Å²) in [4.78, 5) is 0.262. The first kappa shape index (κ1) is 15.8. The zero-order valence-corrected chi connectivity index (χ0v) is 13.7. The zero-order chi connectivity index (χ0) is 14.8. The van der Waals surface area contributed by atoms with E-state index in [0.717, 1.165) is 19.3 Å². The van der Waals surface area contributed by atoms with Crippen LogP contribution in [0.5, 0.6) is 0 Å². The van der Waals surface area contributed by atoms with Crippen molar-refractivity contribution in [2.24, 2.45) is 5.73 Å². The van der Waals surface area contributed by atoms with Gasteiger partial charge in [0.1, 0.15) is 4.99 Å². The van der Waals surface area contributed by atoms with Gasteiger partial charge in [-0.25, -0.2) is 13.1 Å². The summed E-state index contributed by atoms with van der Waals surface area (Å²) in [5, 5.41) is 0.335. The van der Waals surface area contributed by atoms with Gasteiger partial charge in [0.15, 0.2) is 0 Å². The van der Waals surface area contributed by atoms with E-state index in [1.54, 1.807) is 36.0 Å². The average Bonchev–Trinajstić information content (AvgIpc) is 2.85. The van der Waals surface area contributed by atoms with Crippen LogP contribution in [0.1, 0.15) is 24.8 Å². The van der Waals surface area contributed by atoms with Crippen LogP contribution in [0, 0.1) is 0 Å². The quantitative estimate of drug-likeness (QED) is 0.807. The molecule has 4 nitrogen and oxygen atoms in total. The van der Waals surface area contributed by atoms with E-state index in [2.05, 4.69) is 4.72 Å². The topological polar surface area (TPSA) is 72.2 Å². The maximum Gasteiger partial charge on any atom is 0.241 e. The van der Waals surface area contributed by atoms with Crippen molar-refractivity contribution in [2.75, 3.05) is 6.26 Å². The second kappa shape index (κ2) is 6.43. The number of nitrogens with one attached hydrogen (secondary N) is 1. The smallest absolute Gasteiger partial charge is 0.241 e. The number of nitrogens with two attached hydrogens (primary N) is 1. The van der Waals surface area contributed by atoms with Crippen LogP contribution in [-0.2, 0) is 10.0 Å². The fourth-order valence-electron chi connectivity index (χ4n) is 2.51. The number of hydrogen-bond acceptors (Lipinski definition) is 4. The zero-order valence-electron chi connectivity index (χ0n) is 11.2. The summed E-state index contributed by atoms with van der Waals surface area (Å²) in [6.07, 6.45) is 4.99. The van der Waals surface area contributed by atoms with Gasteiger partial charge in [-0.15, -0.1) is 0 Å². The molecular weight excluding hydrogens is 312 g/mol. The molecule has 0 amide bonds. The molecule has 110 valence electrons. The van der Waals surface area contributed by atoms with Gasteiger partial charge in [0.05, 0.1) is 4.90 Å². The number of hydrogen-bond donors (Lipinski definition) is 2. The number of thioether (sulfide) groups is 1. The second-order valence-electron chi connectivity index (χ2n) is 4.79. The van der Waals surface area contributed by atoms with Gasteiger partial charge in [0, 0.05) is 16.9 Å². The molecule has 0 heterocycles. The molecule has 1 aromatic carbocycles. The van der Waals surface area contributed by atoms with E-state index < -0.39 is 10.0 Å². The SMILES string of the molecule is CSC1CCCC1NS(=O)(=O)c1ccccc1C(N)=S.